The van der Waals surface area contributed by atoms with Crippen molar-refractivity contribution in [2.24, 2.45) is 0 Å². The lowest BCUT2D eigenvalue weighted by molar-refractivity contribution is -0.143. The molecule has 0 bridgehead atoms. The molecule has 1 aromatic rings. The summed E-state index contributed by atoms with van der Waals surface area (Å²) < 4.78 is 94.2. The van der Waals surface area contributed by atoms with Crippen molar-refractivity contribution >= 4 is 0 Å². The van der Waals surface area contributed by atoms with Gasteiger partial charge in [0.1, 0.15) is 6.10 Å². The van der Waals surface area contributed by atoms with Gasteiger partial charge in [-0.25, -0.2) is 17.6 Å². The fourth-order valence-electron chi connectivity index (χ4n) is 3.34. The fraction of sp³-hybridized carbons (Fsp3) is 0.769. The third-order valence-electron chi connectivity index (χ3n) is 4.35. The van der Waals surface area contributed by atoms with Gasteiger partial charge in [0.2, 0.25) is 5.92 Å². The molecule has 0 radical (unpaired) electrons. The van der Waals surface area contributed by atoms with Crippen LogP contribution >= 0.6 is 0 Å². The molecule has 10 heteroatoms. The van der Waals surface area contributed by atoms with Crippen molar-refractivity contribution in [2.45, 2.75) is 62.3 Å². The van der Waals surface area contributed by atoms with Gasteiger partial charge in [0.25, 0.3) is 0 Å². The monoisotopic (exact) mass is 346 g/mol. The van der Waals surface area contributed by atoms with Crippen molar-refractivity contribution in [1.82, 2.24) is 9.78 Å². The summed E-state index contributed by atoms with van der Waals surface area (Å²) in [5, 5.41) is 12.8. The largest absolute Gasteiger partial charge is 0.435 e. The Hall–Kier alpha value is -1.32. The highest BCUT2D eigenvalue weighted by Crippen LogP contribution is 2.51. The smallest absolute Gasteiger partial charge is 0.385 e. The molecular weight excluding hydrogens is 333 g/mol. The van der Waals surface area contributed by atoms with Crippen LogP contribution < -0.4 is 0 Å². The summed E-state index contributed by atoms with van der Waals surface area (Å²) in [6.45, 7) is 0. The number of aliphatic hydroxyl groups is 1. The van der Waals surface area contributed by atoms with Crippen LogP contribution in [0.5, 0.6) is 0 Å². The molecule has 0 amide bonds. The number of nitrogens with zero attached hydrogens (tertiary/aromatic N) is 2. The molecule has 3 rings (SSSR count). The Bertz CT molecular complexity index is 612. The molecule has 0 aromatic carbocycles. The van der Waals surface area contributed by atoms with Crippen LogP contribution in [0.25, 0.3) is 0 Å². The van der Waals surface area contributed by atoms with Crippen LogP contribution in [0, 0.1) is 0 Å². The van der Waals surface area contributed by atoms with Crippen molar-refractivity contribution in [2.75, 3.05) is 0 Å². The molecule has 1 fully saturated rings. The Labute approximate surface area is 126 Å². The third-order valence-corrected chi connectivity index (χ3v) is 4.35. The van der Waals surface area contributed by atoms with Gasteiger partial charge in [0.05, 0.1) is 11.7 Å². The fourth-order valence-corrected chi connectivity index (χ4v) is 3.34. The van der Waals surface area contributed by atoms with E-state index < -0.39 is 66.4 Å². The average Bonchev–Trinajstić information content (AvgIpc) is 2.92. The van der Waals surface area contributed by atoms with Crippen LogP contribution in [0.1, 0.15) is 61.0 Å². The SMILES string of the molecule is O[C@H]1c2c(C(F)(F)F)nn([C@H]3CCCC(F)(F)C3)c2C(F)[C@H]1F. The van der Waals surface area contributed by atoms with Gasteiger partial charge in [0.15, 0.2) is 18.0 Å². The maximum atomic E-state index is 14.0. The molecule has 1 N–H and O–H groups in total. The quantitative estimate of drug-likeness (QED) is 0.779. The first-order valence-corrected chi connectivity index (χ1v) is 7.06. The molecule has 3 nitrogen and oxygen atoms in total. The van der Waals surface area contributed by atoms with Crippen LogP contribution in [0.3, 0.4) is 0 Å². The zero-order valence-electron chi connectivity index (χ0n) is 11.6. The van der Waals surface area contributed by atoms with Crippen molar-refractivity contribution in [3.8, 4) is 0 Å². The van der Waals surface area contributed by atoms with E-state index >= 15 is 0 Å². The number of rotatable bonds is 1. The van der Waals surface area contributed by atoms with Crippen LogP contribution in [-0.2, 0) is 6.18 Å². The van der Waals surface area contributed by atoms with Crippen molar-refractivity contribution in [3.05, 3.63) is 17.0 Å². The number of hydrogen-bond acceptors (Lipinski definition) is 2. The Morgan fingerprint density at radius 2 is 1.87 bits per heavy atom. The average molecular weight is 346 g/mol. The first kappa shape index (κ1) is 16.5. The summed E-state index contributed by atoms with van der Waals surface area (Å²) in [4.78, 5) is 0. The minimum absolute atomic E-state index is 0.0339. The zero-order chi connectivity index (χ0) is 17.2. The Balaban J connectivity index is 2.11. The van der Waals surface area contributed by atoms with Crippen LogP contribution in [0.2, 0.25) is 0 Å². The van der Waals surface area contributed by atoms with Crippen LogP contribution in [0.15, 0.2) is 0 Å². The second kappa shape index (κ2) is 5.09. The van der Waals surface area contributed by atoms with E-state index in [0.29, 0.717) is 4.68 Å². The first-order chi connectivity index (χ1) is 10.5. The van der Waals surface area contributed by atoms with Gasteiger partial charge in [-0.2, -0.15) is 18.3 Å². The molecule has 1 saturated carbocycles. The lowest BCUT2D eigenvalue weighted by Crippen LogP contribution is -2.30. The number of halogens is 7. The van der Waals surface area contributed by atoms with Gasteiger partial charge in [-0.3, -0.25) is 4.68 Å². The summed E-state index contributed by atoms with van der Waals surface area (Å²) in [7, 11) is 0. The Morgan fingerprint density at radius 1 is 1.22 bits per heavy atom. The molecule has 0 aliphatic heterocycles. The first-order valence-electron chi connectivity index (χ1n) is 7.06. The molecule has 23 heavy (non-hydrogen) atoms. The summed E-state index contributed by atoms with van der Waals surface area (Å²) >= 11 is 0. The Morgan fingerprint density at radius 3 is 2.43 bits per heavy atom. The highest BCUT2D eigenvalue weighted by molar-refractivity contribution is 5.39. The standard InChI is InChI=1S/C13H13F7N2O/c14-7-8(15)10(23)6-9(7)22(21-11(6)13(18,19)20)5-2-1-3-12(16,17)4-5/h5,7-8,10,23H,1-4H2/t5-,7?,8+,10-/m0/s1. The van der Waals surface area contributed by atoms with Crippen molar-refractivity contribution in [1.29, 1.82) is 0 Å². The third kappa shape index (κ3) is 2.60. The number of alkyl halides is 7. The van der Waals surface area contributed by atoms with E-state index in [1.54, 1.807) is 0 Å². The number of hydrogen-bond donors (Lipinski definition) is 1. The second-order valence-corrected chi connectivity index (χ2v) is 5.99. The highest BCUT2D eigenvalue weighted by Gasteiger charge is 2.53. The predicted octanol–water partition coefficient (Wildman–Crippen LogP) is 4.05. The van der Waals surface area contributed by atoms with E-state index in [4.69, 9.17) is 0 Å². The molecule has 1 unspecified atom stereocenters. The van der Waals surface area contributed by atoms with E-state index in [-0.39, 0.29) is 12.8 Å². The summed E-state index contributed by atoms with van der Waals surface area (Å²) in [5.41, 5.74) is -3.37. The van der Waals surface area contributed by atoms with Gasteiger partial charge < -0.3 is 5.11 Å². The minimum Gasteiger partial charge on any atom is -0.385 e. The molecule has 0 spiro atoms. The maximum Gasteiger partial charge on any atom is 0.435 e. The number of aliphatic hydroxyl groups excluding tert-OH is 1. The summed E-state index contributed by atoms with van der Waals surface area (Å²) in [6, 6.07) is -1.17. The maximum absolute atomic E-state index is 14.0. The van der Waals surface area contributed by atoms with E-state index in [1.807, 2.05) is 0 Å². The normalized spacial score (nSPS) is 33.7. The molecule has 2 aliphatic carbocycles. The van der Waals surface area contributed by atoms with Crippen LogP contribution in [-0.4, -0.2) is 27.0 Å². The van der Waals surface area contributed by atoms with Gasteiger partial charge in [0, 0.05) is 18.4 Å². The topological polar surface area (TPSA) is 38.1 Å². The van der Waals surface area contributed by atoms with E-state index in [9.17, 15) is 35.8 Å². The molecule has 1 heterocycles. The second-order valence-electron chi connectivity index (χ2n) is 5.99. The lowest BCUT2D eigenvalue weighted by Gasteiger charge is -2.30. The molecule has 0 saturated heterocycles. The van der Waals surface area contributed by atoms with Crippen molar-refractivity contribution in [3.63, 3.8) is 0 Å². The lowest BCUT2D eigenvalue weighted by atomic mass is 9.92. The van der Waals surface area contributed by atoms with Gasteiger partial charge in [-0.05, 0) is 12.8 Å². The van der Waals surface area contributed by atoms with Gasteiger partial charge in [-0.15, -0.1) is 0 Å². The van der Waals surface area contributed by atoms with Crippen molar-refractivity contribution < 1.29 is 35.8 Å². The Kier molecular flexibility index (Phi) is 3.66. The zero-order valence-corrected chi connectivity index (χ0v) is 11.6. The number of aromatic nitrogens is 2. The molecule has 130 valence electrons. The molecule has 1 aromatic heterocycles. The van der Waals surface area contributed by atoms with E-state index in [2.05, 4.69) is 5.10 Å². The summed E-state index contributed by atoms with van der Waals surface area (Å²) in [6.07, 6.45) is -13.5. The molecule has 2 aliphatic rings. The van der Waals surface area contributed by atoms with Gasteiger partial charge in [-0.1, -0.05) is 0 Å². The highest BCUT2D eigenvalue weighted by atomic mass is 19.4. The van der Waals surface area contributed by atoms with Crippen LogP contribution in [0.4, 0.5) is 30.7 Å². The predicted molar refractivity (Wildman–Crippen MR) is 63.4 cm³/mol. The van der Waals surface area contributed by atoms with Gasteiger partial charge >= 0.3 is 6.18 Å². The minimum atomic E-state index is -5.04. The number of fused-ring (bicyclic) bond motifs is 1. The summed E-state index contributed by atoms with van der Waals surface area (Å²) in [5.74, 6) is -3.10. The van der Waals surface area contributed by atoms with E-state index in [0.717, 1.165) is 0 Å². The molecular formula is C13H13F7N2O. The molecule has 4 atom stereocenters. The van der Waals surface area contributed by atoms with E-state index in [1.165, 1.54) is 0 Å².